The van der Waals surface area contributed by atoms with E-state index in [0.29, 0.717) is 11.0 Å². The Balaban J connectivity index is 3.09. The van der Waals surface area contributed by atoms with Crippen molar-refractivity contribution in [3.05, 3.63) is 28.2 Å². The fourth-order valence-corrected chi connectivity index (χ4v) is 2.57. The van der Waals surface area contributed by atoms with Crippen LogP contribution in [0.5, 0.6) is 0 Å². The van der Waals surface area contributed by atoms with Crippen molar-refractivity contribution in [2.45, 2.75) is 33.2 Å². The maximum absolute atomic E-state index is 5.62. The Morgan fingerprint density at radius 3 is 2.53 bits per heavy atom. The number of anilines is 1. The van der Waals surface area contributed by atoms with E-state index in [0.717, 1.165) is 23.0 Å². The first-order chi connectivity index (χ1) is 8.01. The molecule has 0 radical (unpaired) electrons. The zero-order valence-corrected chi connectivity index (χ0v) is 12.9. The standard InChI is InChI=1S/C13H19BrN2S/c1-4-9(3)16(5-2)12-7-6-10(13(15)17)8-11(12)14/h6-9H,4-5H2,1-3H3,(H2,15,17). The molecular weight excluding hydrogens is 296 g/mol. The molecule has 1 aromatic carbocycles. The van der Waals surface area contributed by atoms with Crippen LogP contribution in [0.1, 0.15) is 32.8 Å². The number of hydrogen-bond donors (Lipinski definition) is 1. The molecule has 0 heterocycles. The summed E-state index contributed by atoms with van der Waals surface area (Å²) >= 11 is 8.57. The summed E-state index contributed by atoms with van der Waals surface area (Å²) in [5.41, 5.74) is 7.72. The monoisotopic (exact) mass is 314 g/mol. The molecule has 2 nitrogen and oxygen atoms in total. The van der Waals surface area contributed by atoms with Gasteiger partial charge in [-0.05, 0) is 54.4 Å². The molecule has 1 atom stereocenters. The molecule has 1 unspecified atom stereocenters. The number of nitrogens with two attached hydrogens (primary N) is 1. The van der Waals surface area contributed by atoms with E-state index in [1.165, 1.54) is 5.69 Å². The summed E-state index contributed by atoms with van der Waals surface area (Å²) in [4.78, 5) is 2.80. The Morgan fingerprint density at radius 2 is 2.12 bits per heavy atom. The van der Waals surface area contributed by atoms with E-state index in [1.807, 2.05) is 12.1 Å². The maximum Gasteiger partial charge on any atom is 0.104 e. The van der Waals surface area contributed by atoms with Crippen molar-refractivity contribution in [1.82, 2.24) is 0 Å². The maximum atomic E-state index is 5.62. The van der Waals surface area contributed by atoms with Gasteiger partial charge in [-0.1, -0.05) is 19.1 Å². The first-order valence-corrected chi connectivity index (χ1v) is 7.07. The molecule has 1 rings (SSSR count). The smallest absolute Gasteiger partial charge is 0.104 e. The molecule has 0 aromatic heterocycles. The molecule has 2 N–H and O–H groups in total. The van der Waals surface area contributed by atoms with E-state index >= 15 is 0 Å². The Morgan fingerprint density at radius 1 is 1.47 bits per heavy atom. The van der Waals surface area contributed by atoms with Crippen LogP contribution in [0.3, 0.4) is 0 Å². The minimum Gasteiger partial charge on any atom is -0.389 e. The fraction of sp³-hybridized carbons (Fsp3) is 0.462. The van der Waals surface area contributed by atoms with Gasteiger partial charge in [-0.15, -0.1) is 0 Å². The van der Waals surface area contributed by atoms with Crippen molar-refractivity contribution in [2.24, 2.45) is 5.73 Å². The molecule has 0 saturated carbocycles. The number of halogens is 1. The molecule has 17 heavy (non-hydrogen) atoms. The third kappa shape index (κ3) is 3.42. The van der Waals surface area contributed by atoms with E-state index in [2.05, 4.69) is 47.7 Å². The molecule has 1 aromatic rings. The predicted octanol–water partition coefficient (Wildman–Crippen LogP) is 3.71. The first kappa shape index (κ1) is 14.5. The summed E-state index contributed by atoms with van der Waals surface area (Å²) in [5, 5.41) is 0. The summed E-state index contributed by atoms with van der Waals surface area (Å²) in [6, 6.07) is 6.57. The Labute approximate surface area is 117 Å². The molecule has 0 saturated heterocycles. The van der Waals surface area contributed by atoms with Gasteiger partial charge < -0.3 is 10.6 Å². The van der Waals surface area contributed by atoms with Crippen LogP contribution in [0.4, 0.5) is 5.69 Å². The van der Waals surface area contributed by atoms with E-state index in [4.69, 9.17) is 18.0 Å². The van der Waals surface area contributed by atoms with Crippen LogP contribution in [0.2, 0.25) is 0 Å². The van der Waals surface area contributed by atoms with Gasteiger partial charge in [-0.2, -0.15) is 0 Å². The van der Waals surface area contributed by atoms with Crippen molar-refractivity contribution >= 4 is 38.8 Å². The van der Waals surface area contributed by atoms with Crippen LogP contribution in [0, 0.1) is 0 Å². The Kier molecular flexibility index (Phi) is 5.40. The highest BCUT2D eigenvalue weighted by Crippen LogP contribution is 2.29. The van der Waals surface area contributed by atoms with Crippen molar-refractivity contribution in [2.75, 3.05) is 11.4 Å². The number of benzene rings is 1. The second-order valence-corrected chi connectivity index (χ2v) is 5.37. The molecule has 0 aliphatic carbocycles. The number of nitrogens with zero attached hydrogens (tertiary/aromatic N) is 1. The summed E-state index contributed by atoms with van der Waals surface area (Å²) < 4.78 is 1.05. The van der Waals surface area contributed by atoms with Gasteiger partial charge in [-0.25, -0.2) is 0 Å². The van der Waals surface area contributed by atoms with E-state index in [1.54, 1.807) is 0 Å². The highest BCUT2D eigenvalue weighted by Gasteiger charge is 2.14. The molecule has 0 amide bonds. The van der Waals surface area contributed by atoms with Crippen molar-refractivity contribution in [3.8, 4) is 0 Å². The van der Waals surface area contributed by atoms with Gasteiger partial charge in [-0.3, -0.25) is 0 Å². The van der Waals surface area contributed by atoms with Crippen molar-refractivity contribution in [3.63, 3.8) is 0 Å². The Bertz CT molecular complexity index is 406. The van der Waals surface area contributed by atoms with Gasteiger partial charge in [0.15, 0.2) is 0 Å². The minimum absolute atomic E-state index is 0.434. The average Bonchev–Trinajstić information content (AvgIpc) is 2.31. The van der Waals surface area contributed by atoms with Crippen molar-refractivity contribution < 1.29 is 0 Å². The number of hydrogen-bond acceptors (Lipinski definition) is 2. The van der Waals surface area contributed by atoms with Crippen LogP contribution in [-0.4, -0.2) is 17.6 Å². The van der Waals surface area contributed by atoms with Crippen LogP contribution in [0.25, 0.3) is 0 Å². The highest BCUT2D eigenvalue weighted by molar-refractivity contribution is 9.10. The van der Waals surface area contributed by atoms with Gasteiger partial charge in [0.1, 0.15) is 4.99 Å². The normalized spacial score (nSPS) is 12.2. The number of thiocarbonyl (C=S) groups is 1. The Hall–Kier alpha value is -0.610. The second kappa shape index (κ2) is 6.36. The van der Waals surface area contributed by atoms with Crippen LogP contribution < -0.4 is 10.6 Å². The zero-order chi connectivity index (χ0) is 13.0. The first-order valence-electron chi connectivity index (χ1n) is 5.87. The minimum atomic E-state index is 0.434. The summed E-state index contributed by atoms with van der Waals surface area (Å²) in [6.07, 6.45) is 1.12. The molecule has 0 aliphatic rings. The largest absolute Gasteiger partial charge is 0.389 e. The van der Waals surface area contributed by atoms with Crippen LogP contribution in [-0.2, 0) is 0 Å². The average molecular weight is 315 g/mol. The lowest BCUT2D eigenvalue weighted by Crippen LogP contribution is -2.32. The van der Waals surface area contributed by atoms with Gasteiger partial charge in [0, 0.05) is 22.6 Å². The quantitative estimate of drug-likeness (QED) is 0.840. The van der Waals surface area contributed by atoms with Crippen molar-refractivity contribution in [1.29, 1.82) is 0 Å². The van der Waals surface area contributed by atoms with Gasteiger partial charge in [0.25, 0.3) is 0 Å². The summed E-state index contributed by atoms with van der Waals surface area (Å²) in [6.45, 7) is 7.59. The molecule has 0 bridgehead atoms. The third-order valence-corrected chi connectivity index (χ3v) is 3.88. The van der Waals surface area contributed by atoms with Crippen LogP contribution >= 0.6 is 28.1 Å². The third-order valence-electron chi connectivity index (χ3n) is 3.01. The molecular formula is C13H19BrN2S. The number of rotatable bonds is 5. The summed E-state index contributed by atoms with van der Waals surface area (Å²) in [5.74, 6) is 0. The topological polar surface area (TPSA) is 29.3 Å². The summed E-state index contributed by atoms with van der Waals surface area (Å²) in [7, 11) is 0. The van der Waals surface area contributed by atoms with E-state index in [9.17, 15) is 0 Å². The lowest BCUT2D eigenvalue weighted by atomic mass is 10.1. The molecule has 4 heteroatoms. The highest BCUT2D eigenvalue weighted by atomic mass is 79.9. The second-order valence-electron chi connectivity index (χ2n) is 4.07. The van der Waals surface area contributed by atoms with Gasteiger partial charge in [0.2, 0.25) is 0 Å². The molecule has 94 valence electrons. The molecule has 0 aliphatic heterocycles. The SMILES string of the molecule is CCC(C)N(CC)c1ccc(C(N)=S)cc1Br. The lowest BCUT2D eigenvalue weighted by Gasteiger charge is -2.30. The van der Waals surface area contributed by atoms with Gasteiger partial charge >= 0.3 is 0 Å². The van der Waals surface area contributed by atoms with E-state index in [-0.39, 0.29) is 0 Å². The van der Waals surface area contributed by atoms with Gasteiger partial charge in [0.05, 0.1) is 5.69 Å². The lowest BCUT2D eigenvalue weighted by molar-refractivity contribution is 0.629. The molecule has 0 fully saturated rings. The van der Waals surface area contributed by atoms with Crippen LogP contribution in [0.15, 0.2) is 22.7 Å². The van der Waals surface area contributed by atoms with E-state index < -0.39 is 0 Å². The molecule has 0 spiro atoms. The zero-order valence-electron chi connectivity index (χ0n) is 10.5. The fourth-order valence-electron chi connectivity index (χ4n) is 1.83. The predicted molar refractivity (Wildman–Crippen MR) is 82.8 cm³/mol.